The summed E-state index contributed by atoms with van der Waals surface area (Å²) in [6.45, 7) is 2.15. The Morgan fingerprint density at radius 3 is 2.89 bits per heavy atom. The van der Waals surface area contributed by atoms with Crippen LogP contribution >= 0.6 is 22.9 Å². The van der Waals surface area contributed by atoms with Gasteiger partial charge in [-0.1, -0.05) is 11.6 Å². The summed E-state index contributed by atoms with van der Waals surface area (Å²) in [5, 5.41) is 3.27. The molecule has 0 amide bonds. The fourth-order valence-corrected chi connectivity index (χ4v) is 3.63. The zero-order valence-electron chi connectivity index (χ0n) is 14.7. The van der Waals surface area contributed by atoms with Gasteiger partial charge >= 0.3 is 5.63 Å². The Kier molecular flexibility index (Phi) is 5.11. The van der Waals surface area contributed by atoms with Gasteiger partial charge < -0.3 is 9.15 Å². The minimum Gasteiger partial charge on any atom is -0.486 e. The molecule has 0 bridgehead atoms. The average Bonchev–Trinajstić information content (AvgIpc) is 3.20. The largest absolute Gasteiger partial charge is 0.486 e. The van der Waals surface area contributed by atoms with Crippen LogP contribution in [0.1, 0.15) is 21.7 Å². The van der Waals surface area contributed by atoms with Crippen molar-refractivity contribution in [3.8, 4) is 5.75 Å². The Balaban J connectivity index is 1.67. The Hall–Kier alpha value is -2.77. The van der Waals surface area contributed by atoms with Crippen molar-refractivity contribution in [1.29, 1.82) is 0 Å². The van der Waals surface area contributed by atoms with Gasteiger partial charge in [0.25, 0.3) is 0 Å². The molecule has 0 aliphatic carbocycles. The summed E-state index contributed by atoms with van der Waals surface area (Å²) in [4.78, 5) is 20.4. The number of thiazole rings is 1. The zero-order valence-corrected chi connectivity index (χ0v) is 16.3. The maximum atomic E-state index is 14.2. The first-order valence-electron chi connectivity index (χ1n) is 8.39. The van der Waals surface area contributed by atoms with Gasteiger partial charge in [-0.05, 0) is 36.2 Å². The van der Waals surface area contributed by atoms with Crippen molar-refractivity contribution >= 4 is 33.9 Å². The number of fused-ring (bicyclic) bond motifs is 1. The van der Waals surface area contributed by atoms with Crippen LogP contribution in [-0.4, -0.2) is 9.97 Å². The first kappa shape index (κ1) is 18.6. The summed E-state index contributed by atoms with van der Waals surface area (Å²) >= 11 is 7.24. The molecule has 0 aliphatic heterocycles. The molecule has 0 aliphatic rings. The molecule has 0 unspecified atom stereocenters. The maximum absolute atomic E-state index is 14.2. The summed E-state index contributed by atoms with van der Waals surface area (Å²) in [5.41, 5.74) is 1.29. The topological polar surface area (TPSA) is 65.2 Å². The lowest BCUT2D eigenvalue weighted by molar-refractivity contribution is 0.305. The summed E-state index contributed by atoms with van der Waals surface area (Å²) in [5.74, 6) is -0.0565. The number of aryl methyl sites for hydroxylation is 1. The number of benzene rings is 1. The molecular formula is C20H14ClFN2O3S. The lowest BCUT2D eigenvalue weighted by atomic mass is 10.00. The van der Waals surface area contributed by atoms with Crippen molar-refractivity contribution in [3.63, 3.8) is 0 Å². The molecular weight excluding hydrogens is 403 g/mol. The second kappa shape index (κ2) is 7.69. The number of hydrogen-bond donors (Lipinski definition) is 0. The van der Waals surface area contributed by atoms with Gasteiger partial charge in [-0.3, -0.25) is 0 Å². The quantitative estimate of drug-likeness (QED) is 0.341. The average molecular weight is 417 g/mol. The number of nitrogens with zero attached hydrogens (tertiary/aromatic N) is 2. The Morgan fingerprint density at radius 2 is 2.11 bits per heavy atom. The number of pyridine rings is 1. The highest BCUT2D eigenvalue weighted by Crippen LogP contribution is 2.26. The van der Waals surface area contributed by atoms with Gasteiger partial charge in [-0.25, -0.2) is 19.2 Å². The number of ether oxygens (including phenoxy) is 1. The molecule has 3 aromatic heterocycles. The van der Waals surface area contributed by atoms with Crippen molar-refractivity contribution in [2.45, 2.75) is 20.0 Å². The smallest absolute Gasteiger partial charge is 0.340 e. The monoisotopic (exact) mass is 416 g/mol. The molecule has 4 aromatic rings. The van der Waals surface area contributed by atoms with Gasteiger partial charge in [0, 0.05) is 41.2 Å². The zero-order chi connectivity index (χ0) is 19.7. The van der Waals surface area contributed by atoms with Crippen LogP contribution in [-0.2, 0) is 13.0 Å². The van der Waals surface area contributed by atoms with Crippen LogP contribution in [0.2, 0.25) is 5.15 Å². The lowest BCUT2D eigenvalue weighted by Crippen LogP contribution is -2.12. The second-order valence-electron chi connectivity index (χ2n) is 6.12. The van der Waals surface area contributed by atoms with Crippen LogP contribution in [0, 0.1) is 12.7 Å². The van der Waals surface area contributed by atoms with E-state index in [2.05, 4.69) is 9.97 Å². The van der Waals surface area contributed by atoms with Crippen LogP contribution in [0.5, 0.6) is 5.75 Å². The highest BCUT2D eigenvalue weighted by atomic mass is 35.5. The molecule has 0 radical (unpaired) electrons. The summed E-state index contributed by atoms with van der Waals surface area (Å²) in [6, 6.07) is 6.80. The lowest BCUT2D eigenvalue weighted by Gasteiger charge is -2.10. The van der Waals surface area contributed by atoms with E-state index in [9.17, 15) is 9.18 Å². The fraction of sp³-hybridized carbons (Fsp3) is 0.150. The van der Waals surface area contributed by atoms with E-state index in [0.29, 0.717) is 23.5 Å². The molecule has 0 saturated heterocycles. The molecule has 4 rings (SSSR count). The third kappa shape index (κ3) is 3.63. The van der Waals surface area contributed by atoms with Crippen LogP contribution in [0.3, 0.4) is 0 Å². The van der Waals surface area contributed by atoms with Gasteiger partial charge in [-0.15, -0.1) is 11.3 Å². The fourth-order valence-electron chi connectivity index (χ4n) is 2.92. The molecule has 0 saturated carbocycles. The first-order valence-corrected chi connectivity index (χ1v) is 9.65. The highest BCUT2D eigenvalue weighted by molar-refractivity contribution is 7.09. The number of halogens is 2. The van der Waals surface area contributed by atoms with Gasteiger partial charge in [0.2, 0.25) is 0 Å². The maximum Gasteiger partial charge on any atom is 0.340 e. The molecule has 142 valence electrons. The third-order valence-corrected chi connectivity index (χ3v) is 5.42. The van der Waals surface area contributed by atoms with Gasteiger partial charge in [0.05, 0.1) is 0 Å². The summed E-state index contributed by atoms with van der Waals surface area (Å²) in [7, 11) is 0. The van der Waals surface area contributed by atoms with E-state index in [1.165, 1.54) is 23.6 Å². The van der Waals surface area contributed by atoms with Crippen molar-refractivity contribution in [2.24, 2.45) is 0 Å². The molecule has 0 spiro atoms. The SMILES string of the molecule is Cc1c(Cc2ccnc(Cl)c2F)c(=O)oc2cc(OCc3nccs3)ccc12. The summed E-state index contributed by atoms with van der Waals surface area (Å²) in [6.07, 6.45) is 3.19. The molecule has 0 fully saturated rings. The van der Waals surface area contributed by atoms with Crippen molar-refractivity contribution in [3.05, 3.63) is 85.1 Å². The van der Waals surface area contributed by atoms with Gasteiger partial charge in [0.1, 0.15) is 22.9 Å². The van der Waals surface area contributed by atoms with E-state index < -0.39 is 11.4 Å². The van der Waals surface area contributed by atoms with E-state index in [4.69, 9.17) is 20.8 Å². The van der Waals surface area contributed by atoms with Crippen LogP contribution in [0.15, 0.2) is 51.3 Å². The van der Waals surface area contributed by atoms with E-state index in [1.54, 1.807) is 18.3 Å². The molecule has 8 heteroatoms. The van der Waals surface area contributed by atoms with Crippen LogP contribution in [0.4, 0.5) is 4.39 Å². The predicted octanol–water partition coefficient (Wildman–Crippen LogP) is 4.92. The highest BCUT2D eigenvalue weighted by Gasteiger charge is 2.16. The van der Waals surface area contributed by atoms with Crippen molar-refractivity contribution in [1.82, 2.24) is 9.97 Å². The number of hydrogen-bond acceptors (Lipinski definition) is 6. The van der Waals surface area contributed by atoms with Crippen molar-refractivity contribution in [2.75, 3.05) is 0 Å². The standard InChI is InChI=1S/C20H14ClFN2O3S/c1-11-14-3-2-13(26-10-17-23-6-7-28-17)9-16(14)27-20(25)15(11)8-12-4-5-24-19(21)18(12)22/h2-7,9H,8,10H2,1H3. The normalized spacial score (nSPS) is 11.1. The molecule has 3 heterocycles. The Labute approximate surface area is 168 Å². The third-order valence-electron chi connectivity index (χ3n) is 4.40. The summed E-state index contributed by atoms with van der Waals surface area (Å²) < 4.78 is 25.4. The van der Waals surface area contributed by atoms with E-state index in [1.807, 2.05) is 18.4 Å². The molecule has 1 aromatic carbocycles. The predicted molar refractivity (Wildman–Crippen MR) is 106 cm³/mol. The van der Waals surface area contributed by atoms with Crippen molar-refractivity contribution < 1.29 is 13.5 Å². The molecule has 28 heavy (non-hydrogen) atoms. The van der Waals surface area contributed by atoms with Crippen LogP contribution in [0.25, 0.3) is 11.0 Å². The molecule has 5 nitrogen and oxygen atoms in total. The number of rotatable bonds is 5. The second-order valence-corrected chi connectivity index (χ2v) is 7.45. The minimum absolute atomic E-state index is 0.0699. The van der Waals surface area contributed by atoms with E-state index >= 15 is 0 Å². The molecule has 0 N–H and O–H groups in total. The van der Waals surface area contributed by atoms with E-state index in [-0.39, 0.29) is 17.1 Å². The van der Waals surface area contributed by atoms with Gasteiger partial charge in [0.15, 0.2) is 11.0 Å². The Morgan fingerprint density at radius 1 is 1.25 bits per heavy atom. The first-order chi connectivity index (χ1) is 13.5. The van der Waals surface area contributed by atoms with Crippen LogP contribution < -0.4 is 10.4 Å². The minimum atomic E-state index is -0.631. The van der Waals surface area contributed by atoms with Gasteiger partial charge in [-0.2, -0.15) is 0 Å². The molecule has 0 atom stereocenters. The Bertz CT molecular complexity index is 1210. The number of aromatic nitrogens is 2. The van der Waals surface area contributed by atoms with E-state index in [0.717, 1.165) is 16.0 Å².